The van der Waals surface area contributed by atoms with Gasteiger partial charge in [-0.3, -0.25) is 10.1 Å². The summed E-state index contributed by atoms with van der Waals surface area (Å²) < 4.78 is 19.2. The molecule has 4 nitrogen and oxygen atoms in total. The molecule has 0 saturated carbocycles. The summed E-state index contributed by atoms with van der Waals surface area (Å²) in [6, 6.07) is 6.66. The highest BCUT2D eigenvalue weighted by Crippen LogP contribution is 2.36. The second kappa shape index (κ2) is 6.47. The SMILES string of the molecule is O=[N+]([O-])c1cccc(COc2c(Cl)cc(Cl)cc2Cl)c1F. The topological polar surface area (TPSA) is 52.4 Å². The minimum Gasteiger partial charge on any atom is -0.486 e. The summed E-state index contributed by atoms with van der Waals surface area (Å²) in [4.78, 5) is 9.86. The summed E-state index contributed by atoms with van der Waals surface area (Å²) in [5.74, 6) is -0.822. The van der Waals surface area contributed by atoms with E-state index in [0.717, 1.165) is 6.07 Å². The molecular weight excluding hydrogens is 344 g/mol. The Morgan fingerprint density at radius 3 is 2.38 bits per heavy atom. The van der Waals surface area contributed by atoms with E-state index in [-0.39, 0.29) is 28.0 Å². The van der Waals surface area contributed by atoms with Gasteiger partial charge in [0.2, 0.25) is 5.82 Å². The van der Waals surface area contributed by atoms with Gasteiger partial charge in [0, 0.05) is 16.7 Å². The first-order valence-corrected chi connectivity index (χ1v) is 6.72. The molecule has 0 amide bonds. The largest absolute Gasteiger partial charge is 0.486 e. The van der Waals surface area contributed by atoms with Gasteiger partial charge in [-0.2, -0.15) is 4.39 Å². The molecule has 21 heavy (non-hydrogen) atoms. The molecule has 0 N–H and O–H groups in total. The Labute approximate surface area is 134 Å². The summed E-state index contributed by atoms with van der Waals surface area (Å²) in [7, 11) is 0. The summed E-state index contributed by atoms with van der Waals surface area (Å²) in [5.41, 5.74) is -0.601. The number of benzene rings is 2. The van der Waals surface area contributed by atoms with Crippen molar-refractivity contribution in [3.8, 4) is 5.75 Å². The zero-order valence-electron chi connectivity index (χ0n) is 10.3. The molecule has 2 rings (SSSR count). The van der Waals surface area contributed by atoms with Crippen molar-refractivity contribution in [1.82, 2.24) is 0 Å². The number of ether oxygens (including phenoxy) is 1. The highest BCUT2D eigenvalue weighted by atomic mass is 35.5. The van der Waals surface area contributed by atoms with Crippen LogP contribution in [0.2, 0.25) is 15.1 Å². The molecule has 2 aromatic rings. The Bertz CT molecular complexity index is 686. The third-order valence-corrected chi connectivity index (χ3v) is 3.37. The van der Waals surface area contributed by atoms with Gasteiger partial charge in [0.1, 0.15) is 6.61 Å². The Morgan fingerprint density at radius 1 is 1.19 bits per heavy atom. The maximum absolute atomic E-state index is 13.9. The van der Waals surface area contributed by atoms with Crippen molar-refractivity contribution in [3.05, 3.63) is 66.9 Å². The van der Waals surface area contributed by atoms with Gasteiger partial charge in [-0.1, -0.05) is 46.9 Å². The first-order valence-electron chi connectivity index (χ1n) is 5.59. The molecule has 0 aromatic heterocycles. The molecule has 0 aliphatic heterocycles. The Morgan fingerprint density at radius 2 is 1.81 bits per heavy atom. The van der Waals surface area contributed by atoms with Crippen molar-refractivity contribution in [2.24, 2.45) is 0 Å². The van der Waals surface area contributed by atoms with Crippen LogP contribution in [0.4, 0.5) is 10.1 Å². The molecule has 0 aliphatic carbocycles. The van der Waals surface area contributed by atoms with E-state index in [4.69, 9.17) is 39.5 Å². The molecule has 2 aromatic carbocycles. The van der Waals surface area contributed by atoms with Crippen LogP contribution >= 0.6 is 34.8 Å². The van der Waals surface area contributed by atoms with E-state index in [1.165, 1.54) is 24.3 Å². The van der Waals surface area contributed by atoms with Crippen LogP contribution < -0.4 is 4.74 Å². The van der Waals surface area contributed by atoms with Crippen molar-refractivity contribution in [1.29, 1.82) is 0 Å². The maximum Gasteiger partial charge on any atom is 0.305 e. The predicted molar refractivity (Wildman–Crippen MR) is 78.9 cm³/mol. The number of nitro benzene ring substituents is 1. The minimum atomic E-state index is -0.955. The van der Waals surface area contributed by atoms with Crippen molar-refractivity contribution in [3.63, 3.8) is 0 Å². The summed E-state index contributed by atoms with van der Waals surface area (Å²) in [6.07, 6.45) is 0. The quantitative estimate of drug-likeness (QED) is 0.557. The zero-order valence-corrected chi connectivity index (χ0v) is 12.5. The van der Waals surface area contributed by atoms with Crippen LogP contribution in [0.25, 0.3) is 0 Å². The van der Waals surface area contributed by atoms with Crippen molar-refractivity contribution in [2.45, 2.75) is 6.61 Å². The van der Waals surface area contributed by atoms with Gasteiger partial charge in [0.25, 0.3) is 0 Å². The molecule has 0 aliphatic rings. The molecule has 8 heteroatoms. The minimum absolute atomic E-state index is 0.0197. The van der Waals surface area contributed by atoms with Crippen LogP contribution in [0.15, 0.2) is 30.3 Å². The Balaban J connectivity index is 2.25. The van der Waals surface area contributed by atoms with E-state index in [1.54, 1.807) is 0 Å². The van der Waals surface area contributed by atoms with Crippen LogP contribution in [0.3, 0.4) is 0 Å². The average molecular weight is 351 g/mol. The lowest BCUT2D eigenvalue weighted by molar-refractivity contribution is -0.387. The smallest absolute Gasteiger partial charge is 0.305 e. The molecule has 0 spiro atoms. The molecule has 0 fully saturated rings. The average Bonchev–Trinajstić information content (AvgIpc) is 2.38. The third kappa shape index (κ3) is 3.56. The lowest BCUT2D eigenvalue weighted by atomic mass is 10.2. The van der Waals surface area contributed by atoms with Crippen LogP contribution in [0.1, 0.15) is 5.56 Å². The van der Waals surface area contributed by atoms with Gasteiger partial charge < -0.3 is 4.74 Å². The molecule has 0 heterocycles. The molecule has 0 unspecified atom stereocenters. The Hall–Kier alpha value is -1.56. The second-order valence-corrected chi connectivity index (χ2v) is 5.25. The van der Waals surface area contributed by atoms with Crippen LogP contribution in [-0.2, 0) is 6.61 Å². The van der Waals surface area contributed by atoms with E-state index in [0.29, 0.717) is 5.02 Å². The van der Waals surface area contributed by atoms with Crippen LogP contribution in [-0.4, -0.2) is 4.92 Å². The van der Waals surface area contributed by atoms with E-state index < -0.39 is 16.4 Å². The van der Waals surface area contributed by atoms with E-state index >= 15 is 0 Å². The highest BCUT2D eigenvalue weighted by Gasteiger charge is 2.18. The molecule has 0 bridgehead atoms. The van der Waals surface area contributed by atoms with Crippen molar-refractivity contribution < 1.29 is 14.1 Å². The van der Waals surface area contributed by atoms with Gasteiger partial charge >= 0.3 is 5.69 Å². The number of hydrogen-bond acceptors (Lipinski definition) is 3. The number of halogens is 4. The second-order valence-electron chi connectivity index (χ2n) is 3.99. The molecule has 0 atom stereocenters. The number of nitro groups is 1. The molecule has 110 valence electrons. The summed E-state index contributed by atoms with van der Waals surface area (Å²) in [6.45, 7) is -0.255. The van der Waals surface area contributed by atoms with E-state index in [9.17, 15) is 14.5 Å². The van der Waals surface area contributed by atoms with Crippen molar-refractivity contribution >= 4 is 40.5 Å². The van der Waals surface area contributed by atoms with Crippen LogP contribution in [0.5, 0.6) is 5.75 Å². The molecule has 0 radical (unpaired) electrons. The van der Waals surface area contributed by atoms with Gasteiger partial charge in [0.15, 0.2) is 5.75 Å². The fourth-order valence-corrected chi connectivity index (χ4v) is 2.56. The third-order valence-electron chi connectivity index (χ3n) is 2.59. The fraction of sp³-hybridized carbons (Fsp3) is 0.0769. The van der Waals surface area contributed by atoms with Crippen molar-refractivity contribution in [2.75, 3.05) is 0 Å². The number of rotatable bonds is 4. The lowest BCUT2D eigenvalue weighted by Gasteiger charge is -2.11. The number of nitrogens with zero attached hydrogens (tertiary/aromatic N) is 1. The monoisotopic (exact) mass is 349 g/mol. The summed E-state index contributed by atoms with van der Waals surface area (Å²) >= 11 is 17.6. The van der Waals surface area contributed by atoms with Crippen LogP contribution in [0, 0.1) is 15.9 Å². The van der Waals surface area contributed by atoms with Gasteiger partial charge in [-0.25, -0.2) is 0 Å². The maximum atomic E-state index is 13.9. The first kappa shape index (κ1) is 15.8. The van der Waals surface area contributed by atoms with E-state index in [1.807, 2.05) is 0 Å². The van der Waals surface area contributed by atoms with E-state index in [2.05, 4.69) is 0 Å². The molecular formula is C13H7Cl3FNO3. The highest BCUT2D eigenvalue weighted by molar-refractivity contribution is 6.40. The predicted octanol–water partition coefficient (Wildman–Crippen LogP) is 5.27. The van der Waals surface area contributed by atoms with Gasteiger partial charge in [-0.05, 0) is 12.1 Å². The van der Waals surface area contributed by atoms with Gasteiger partial charge in [-0.15, -0.1) is 0 Å². The molecule has 0 saturated heterocycles. The lowest BCUT2D eigenvalue weighted by Crippen LogP contribution is -2.02. The standard InChI is InChI=1S/C13H7Cl3FNO3/c14-8-4-9(15)13(10(16)5-8)21-6-7-2-1-3-11(12(7)17)18(19)20/h1-5H,6H2. The number of hydrogen-bond donors (Lipinski definition) is 0. The normalized spacial score (nSPS) is 10.5. The fourth-order valence-electron chi connectivity index (χ4n) is 1.64. The first-order chi connectivity index (χ1) is 9.90. The zero-order chi connectivity index (χ0) is 15.6. The van der Waals surface area contributed by atoms with Gasteiger partial charge in [0.05, 0.1) is 15.0 Å². The Kier molecular flexibility index (Phi) is 4.88. The summed E-state index contributed by atoms with van der Waals surface area (Å²) in [5, 5.41) is 11.3.